The van der Waals surface area contributed by atoms with E-state index in [0.29, 0.717) is 5.46 Å². The zero-order valence-electron chi connectivity index (χ0n) is 13.8. The van der Waals surface area contributed by atoms with Gasteiger partial charge in [-0.25, -0.2) is 4.98 Å². The van der Waals surface area contributed by atoms with E-state index < -0.39 is 18.3 Å². The maximum atomic E-state index is 10.5. The summed E-state index contributed by atoms with van der Waals surface area (Å²) < 4.78 is 5.74. The van der Waals surface area contributed by atoms with E-state index in [1.807, 2.05) is 6.07 Å². The maximum absolute atomic E-state index is 10.5. The summed E-state index contributed by atoms with van der Waals surface area (Å²) in [6.07, 6.45) is 1.72. The monoisotopic (exact) mass is 307 g/mol. The maximum Gasteiger partial charge on any atom is 0.495 e. The number of nitrogens with zero attached hydrogens (tertiary/aromatic N) is 2. The Balaban J connectivity index is 2.21. The standard InChI is InChI=1S/C15H26BN3O3/c1-14(2,20)15(3,4)22-16(21)12-6-5-7-18-13(12)19-10-8-17-9-11-19/h5-7,17,20-21H,8-11H2,1-4H3. The predicted molar refractivity (Wildman–Crippen MR) is 88.4 cm³/mol. The summed E-state index contributed by atoms with van der Waals surface area (Å²) in [5.41, 5.74) is -1.35. The Hall–Kier alpha value is -1.15. The minimum Gasteiger partial charge on any atom is -0.423 e. The average molecular weight is 307 g/mol. The lowest BCUT2D eigenvalue weighted by Gasteiger charge is -2.39. The Labute approximate surface area is 132 Å². The lowest BCUT2D eigenvalue weighted by atomic mass is 9.76. The summed E-state index contributed by atoms with van der Waals surface area (Å²) in [6.45, 7) is 10.3. The molecule has 0 spiro atoms. The normalized spacial score (nSPS) is 16.7. The number of aliphatic hydroxyl groups is 1. The Morgan fingerprint density at radius 1 is 1.27 bits per heavy atom. The first-order valence-electron chi connectivity index (χ1n) is 7.71. The van der Waals surface area contributed by atoms with Gasteiger partial charge >= 0.3 is 7.12 Å². The fourth-order valence-corrected chi connectivity index (χ4v) is 2.23. The van der Waals surface area contributed by atoms with Crippen molar-refractivity contribution >= 4 is 18.4 Å². The molecule has 1 aliphatic rings. The van der Waals surface area contributed by atoms with Crippen LogP contribution in [0.3, 0.4) is 0 Å². The van der Waals surface area contributed by atoms with Crippen molar-refractivity contribution in [3.05, 3.63) is 18.3 Å². The molecule has 1 aromatic rings. The van der Waals surface area contributed by atoms with Crippen molar-refractivity contribution in [2.75, 3.05) is 31.1 Å². The fourth-order valence-electron chi connectivity index (χ4n) is 2.23. The van der Waals surface area contributed by atoms with Gasteiger partial charge in [-0.3, -0.25) is 0 Å². The smallest absolute Gasteiger partial charge is 0.423 e. The molecule has 3 N–H and O–H groups in total. The fraction of sp³-hybridized carbons (Fsp3) is 0.667. The van der Waals surface area contributed by atoms with Crippen LogP contribution in [0.4, 0.5) is 5.82 Å². The highest BCUT2D eigenvalue weighted by atomic mass is 16.5. The van der Waals surface area contributed by atoms with Crippen molar-refractivity contribution in [3.8, 4) is 0 Å². The molecule has 0 atom stereocenters. The minimum absolute atomic E-state index is 0.627. The largest absolute Gasteiger partial charge is 0.495 e. The highest BCUT2D eigenvalue weighted by Gasteiger charge is 2.40. The number of pyridine rings is 1. The Morgan fingerprint density at radius 3 is 2.50 bits per heavy atom. The Kier molecular flexibility index (Phi) is 5.12. The zero-order chi connectivity index (χ0) is 16.4. The molecule has 1 fully saturated rings. The highest BCUT2D eigenvalue weighted by molar-refractivity contribution is 6.61. The highest BCUT2D eigenvalue weighted by Crippen LogP contribution is 2.25. The van der Waals surface area contributed by atoms with Crippen LogP contribution in [0.15, 0.2) is 18.3 Å². The van der Waals surface area contributed by atoms with E-state index >= 15 is 0 Å². The summed E-state index contributed by atoms with van der Waals surface area (Å²) in [6, 6.07) is 3.60. The minimum atomic E-state index is -1.14. The third-order valence-corrected chi connectivity index (χ3v) is 4.38. The first-order chi connectivity index (χ1) is 10.2. The molecular formula is C15H26BN3O3. The molecule has 6 nitrogen and oxygen atoms in total. The first-order valence-corrected chi connectivity index (χ1v) is 7.71. The molecule has 0 aliphatic carbocycles. The number of hydrogen-bond acceptors (Lipinski definition) is 6. The van der Waals surface area contributed by atoms with Crippen molar-refractivity contribution in [1.29, 1.82) is 0 Å². The number of piperazine rings is 1. The molecular weight excluding hydrogens is 281 g/mol. The second-order valence-electron chi connectivity index (χ2n) is 6.69. The molecule has 0 radical (unpaired) electrons. The number of aromatic nitrogens is 1. The zero-order valence-corrected chi connectivity index (χ0v) is 13.8. The van der Waals surface area contributed by atoms with Gasteiger partial charge in [0.25, 0.3) is 0 Å². The molecule has 0 aromatic carbocycles. The van der Waals surface area contributed by atoms with E-state index in [4.69, 9.17) is 4.65 Å². The van der Waals surface area contributed by atoms with Crippen molar-refractivity contribution in [3.63, 3.8) is 0 Å². The molecule has 2 heterocycles. The van der Waals surface area contributed by atoms with Crippen LogP contribution >= 0.6 is 0 Å². The summed E-state index contributed by atoms with van der Waals surface area (Å²) >= 11 is 0. The van der Waals surface area contributed by atoms with Crippen LogP contribution in [0.5, 0.6) is 0 Å². The van der Waals surface area contributed by atoms with Crippen molar-refractivity contribution in [2.45, 2.75) is 38.9 Å². The van der Waals surface area contributed by atoms with Gasteiger partial charge in [0.15, 0.2) is 0 Å². The van der Waals surface area contributed by atoms with Gasteiger partial charge in [-0.15, -0.1) is 0 Å². The van der Waals surface area contributed by atoms with Gasteiger partial charge in [-0.1, -0.05) is 6.07 Å². The average Bonchev–Trinajstić information content (AvgIpc) is 2.46. The number of anilines is 1. The van der Waals surface area contributed by atoms with Crippen molar-refractivity contribution in [1.82, 2.24) is 10.3 Å². The van der Waals surface area contributed by atoms with Gasteiger partial charge in [0, 0.05) is 37.8 Å². The lowest BCUT2D eigenvalue weighted by molar-refractivity contribution is -0.0982. The van der Waals surface area contributed by atoms with Crippen LogP contribution in [0.2, 0.25) is 0 Å². The number of rotatable bonds is 5. The third kappa shape index (κ3) is 3.78. The molecule has 0 unspecified atom stereocenters. The van der Waals surface area contributed by atoms with E-state index in [9.17, 15) is 10.1 Å². The van der Waals surface area contributed by atoms with E-state index in [-0.39, 0.29) is 0 Å². The topological polar surface area (TPSA) is 77.8 Å². The third-order valence-electron chi connectivity index (χ3n) is 4.38. The molecule has 1 aromatic heterocycles. The van der Waals surface area contributed by atoms with E-state index in [1.54, 1.807) is 40.0 Å². The molecule has 1 saturated heterocycles. The van der Waals surface area contributed by atoms with E-state index in [0.717, 1.165) is 32.0 Å². The number of nitrogens with one attached hydrogen (secondary N) is 1. The van der Waals surface area contributed by atoms with Crippen LogP contribution in [0.25, 0.3) is 0 Å². The van der Waals surface area contributed by atoms with Crippen molar-refractivity contribution < 1.29 is 14.8 Å². The van der Waals surface area contributed by atoms with Gasteiger partial charge in [0.05, 0.1) is 11.2 Å². The van der Waals surface area contributed by atoms with Gasteiger partial charge < -0.3 is 25.0 Å². The molecule has 122 valence electrons. The second-order valence-corrected chi connectivity index (χ2v) is 6.69. The van der Waals surface area contributed by atoms with Crippen LogP contribution in [0.1, 0.15) is 27.7 Å². The molecule has 1 aliphatic heterocycles. The lowest BCUT2D eigenvalue weighted by Crippen LogP contribution is -2.54. The second kappa shape index (κ2) is 6.54. The summed E-state index contributed by atoms with van der Waals surface area (Å²) in [5, 5.41) is 24.0. The quantitative estimate of drug-likeness (QED) is 0.651. The van der Waals surface area contributed by atoms with E-state index in [1.165, 1.54) is 0 Å². The van der Waals surface area contributed by atoms with Crippen LogP contribution in [-0.4, -0.2) is 59.6 Å². The van der Waals surface area contributed by atoms with Crippen molar-refractivity contribution in [2.24, 2.45) is 0 Å². The first kappa shape index (κ1) is 17.2. The SMILES string of the molecule is CC(C)(O)C(C)(C)OB(O)c1cccnc1N1CCNCC1. The van der Waals surface area contributed by atoms with Gasteiger partial charge in [-0.2, -0.15) is 0 Å². The van der Waals surface area contributed by atoms with Gasteiger partial charge in [0.2, 0.25) is 0 Å². The molecule has 0 amide bonds. The molecule has 0 bridgehead atoms. The Morgan fingerprint density at radius 2 is 1.91 bits per heavy atom. The van der Waals surface area contributed by atoms with Gasteiger partial charge in [-0.05, 0) is 33.8 Å². The predicted octanol–water partition coefficient (Wildman–Crippen LogP) is -0.255. The molecule has 7 heteroatoms. The summed E-state index contributed by atoms with van der Waals surface area (Å²) in [5.74, 6) is 0.739. The molecule has 0 saturated carbocycles. The summed E-state index contributed by atoms with van der Waals surface area (Å²) in [4.78, 5) is 6.55. The van der Waals surface area contributed by atoms with Crippen LogP contribution < -0.4 is 15.7 Å². The molecule has 2 rings (SSSR count). The van der Waals surface area contributed by atoms with Crippen LogP contribution in [0, 0.1) is 0 Å². The summed E-state index contributed by atoms with van der Waals surface area (Å²) in [7, 11) is -1.14. The Bertz CT molecular complexity index is 499. The van der Waals surface area contributed by atoms with E-state index in [2.05, 4.69) is 15.2 Å². The molecule has 22 heavy (non-hydrogen) atoms. The van der Waals surface area contributed by atoms with Gasteiger partial charge in [0.1, 0.15) is 5.82 Å². The van der Waals surface area contributed by atoms with Crippen LogP contribution in [-0.2, 0) is 4.65 Å². The number of hydrogen-bond donors (Lipinski definition) is 3.